The Labute approximate surface area is 248 Å². The molecule has 0 fully saturated rings. The van der Waals surface area contributed by atoms with E-state index >= 15 is 0 Å². The summed E-state index contributed by atoms with van der Waals surface area (Å²) in [6.45, 7) is 8.89. The van der Waals surface area contributed by atoms with Crippen molar-refractivity contribution in [3.63, 3.8) is 0 Å². The van der Waals surface area contributed by atoms with E-state index in [1.165, 1.54) is 29.2 Å². The van der Waals surface area contributed by atoms with E-state index in [1.54, 1.807) is 38.3 Å². The lowest BCUT2D eigenvalue weighted by Crippen LogP contribution is -2.52. The zero-order chi connectivity index (χ0) is 30.3. The number of halogens is 1. The third-order valence-corrected chi connectivity index (χ3v) is 9.18. The normalized spacial score (nSPS) is 12.8. The van der Waals surface area contributed by atoms with Gasteiger partial charge in [0.25, 0.3) is 10.0 Å². The van der Waals surface area contributed by atoms with Gasteiger partial charge >= 0.3 is 0 Å². The highest BCUT2D eigenvalue weighted by atomic mass is 35.5. The second kappa shape index (κ2) is 13.9. The van der Waals surface area contributed by atoms with E-state index in [0.717, 1.165) is 27.4 Å². The van der Waals surface area contributed by atoms with Crippen molar-refractivity contribution in [1.29, 1.82) is 0 Å². The molecule has 10 heteroatoms. The number of methoxy groups -OCH3 is 1. The predicted molar refractivity (Wildman–Crippen MR) is 163 cm³/mol. The second-order valence-electron chi connectivity index (χ2n) is 10.1. The smallest absolute Gasteiger partial charge is 0.264 e. The van der Waals surface area contributed by atoms with Gasteiger partial charge in [-0.3, -0.25) is 13.9 Å². The van der Waals surface area contributed by atoms with Crippen LogP contribution in [0, 0.1) is 13.8 Å². The maximum Gasteiger partial charge on any atom is 0.264 e. The van der Waals surface area contributed by atoms with Gasteiger partial charge < -0.3 is 15.0 Å². The molecule has 0 saturated carbocycles. The van der Waals surface area contributed by atoms with Gasteiger partial charge in [-0.05, 0) is 99.3 Å². The summed E-state index contributed by atoms with van der Waals surface area (Å²) in [7, 11) is -2.61. The van der Waals surface area contributed by atoms with Crippen molar-refractivity contribution in [1.82, 2.24) is 10.2 Å². The van der Waals surface area contributed by atoms with Gasteiger partial charge in [-0.25, -0.2) is 8.42 Å². The lowest BCUT2D eigenvalue weighted by Gasteiger charge is -2.32. The number of rotatable bonds is 12. The zero-order valence-corrected chi connectivity index (χ0v) is 25.9. The average molecular weight is 600 g/mol. The second-order valence-corrected chi connectivity index (χ2v) is 12.4. The van der Waals surface area contributed by atoms with Crippen molar-refractivity contribution >= 4 is 39.1 Å². The molecule has 0 heterocycles. The third kappa shape index (κ3) is 8.01. The van der Waals surface area contributed by atoms with E-state index < -0.39 is 28.5 Å². The number of hydrogen-bond acceptors (Lipinski definition) is 5. The number of nitrogens with zero attached hydrogens (tertiary/aromatic N) is 2. The quantitative estimate of drug-likeness (QED) is 0.297. The van der Waals surface area contributed by atoms with Gasteiger partial charge in [-0.2, -0.15) is 0 Å². The van der Waals surface area contributed by atoms with Crippen LogP contribution >= 0.6 is 11.6 Å². The number of nitrogens with one attached hydrogen (secondary N) is 1. The van der Waals surface area contributed by atoms with Gasteiger partial charge in [0, 0.05) is 17.6 Å². The van der Waals surface area contributed by atoms with E-state index in [-0.39, 0.29) is 23.4 Å². The monoisotopic (exact) mass is 599 g/mol. The van der Waals surface area contributed by atoms with Crippen LogP contribution in [0.1, 0.15) is 43.9 Å². The van der Waals surface area contributed by atoms with Crippen LogP contribution in [0.3, 0.4) is 0 Å². The van der Waals surface area contributed by atoms with Crippen molar-refractivity contribution < 1.29 is 22.7 Å². The van der Waals surface area contributed by atoms with E-state index in [1.807, 2.05) is 45.9 Å². The molecule has 3 rings (SSSR count). The highest BCUT2D eigenvalue weighted by Crippen LogP contribution is 2.27. The lowest BCUT2D eigenvalue weighted by atomic mass is 10.1. The van der Waals surface area contributed by atoms with Gasteiger partial charge in [0.2, 0.25) is 11.8 Å². The van der Waals surface area contributed by atoms with Crippen LogP contribution in [-0.4, -0.2) is 50.9 Å². The van der Waals surface area contributed by atoms with Crippen LogP contribution in [-0.2, 0) is 26.2 Å². The summed E-state index contributed by atoms with van der Waals surface area (Å²) in [5.74, 6) is -0.188. The van der Waals surface area contributed by atoms with Crippen LogP contribution in [0.25, 0.3) is 0 Å². The Hall–Kier alpha value is -3.56. The number of amides is 2. The molecule has 41 heavy (non-hydrogen) atoms. The number of sulfonamides is 1. The summed E-state index contributed by atoms with van der Waals surface area (Å²) < 4.78 is 34.2. The number of carbonyl (C=O) groups excluding carboxylic acids is 2. The summed E-state index contributed by atoms with van der Waals surface area (Å²) in [6.07, 6.45) is 0.727. The molecule has 3 aromatic carbocycles. The molecule has 8 nitrogen and oxygen atoms in total. The Morgan fingerprint density at radius 2 is 1.59 bits per heavy atom. The molecular formula is C31H38ClN3O5S. The lowest BCUT2D eigenvalue weighted by molar-refractivity contribution is -0.139. The van der Waals surface area contributed by atoms with Gasteiger partial charge in [0.15, 0.2) is 0 Å². The molecule has 220 valence electrons. The molecule has 0 bridgehead atoms. The maximum absolute atomic E-state index is 14.0. The number of anilines is 1. The molecule has 3 aromatic rings. The molecule has 0 saturated heterocycles. The molecule has 0 aromatic heterocycles. The van der Waals surface area contributed by atoms with Gasteiger partial charge in [-0.15, -0.1) is 0 Å². The minimum absolute atomic E-state index is 0.00260. The summed E-state index contributed by atoms with van der Waals surface area (Å²) >= 11 is 6.01. The van der Waals surface area contributed by atoms with E-state index in [2.05, 4.69) is 5.32 Å². The minimum atomic E-state index is -4.17. The summed E-state index contributed by atoms with van der Waals surface area (Å²) in [4.78, 5) is 28.6. The average Bonchev–Trinajstić information content (AvgIpc) is 2.96. The highest BCUT2D eigenvalue weighted by molar-refractivity contribution is 7.92. The van der Waals surface area contributed by atoms with Crippen molar-refractivity contribution in [2.75, 3.05) is 18.0 Å². The fourth-order valence-electron chi connectivity index (χ4n) is 4.12. The molecule has 0 radical (unpaired) electrons. The fraction of sp³-hybridized carbons (Fsp3) is 0.355. The van der Waals surface area contributed by atoms with Gasteiger partial charge in [0.1, 0.15) is 18.3 Å². The largest absolute Gasteiger partial charge is 0.497 e. The first kappa shape index (κ1) is 32.0. The number of benzene rings is 3. The SMILES string of the molecule is CC[C@H](C)NC(=O)[C@@H](C)N(Cc1ccc(OC)cc1)C(=O)CN(c1ccc(C)c(C)c1)S(=O)(=O)c1ccc(Cl)cc1. The van der Waals surface area contributed by atoms with Crippen LogP contribution in [0.4, 0.5) is 5.69 Å². The Bertz CT molecular complexity index is 1460. The Morgan fingerprint density at radius 3 is 2.15 bits per heavy atom. The fourth-order valence-corrected chi connectivity index (χ4v) is 5.65. The molecule has 2 amide bonds. The van der Waals surface area contributed by atoms with Gasteiger partial charge in [-0.1, -0.05) is 36.7 Å². The standard InChI is InChI=1S/C31H38ClN3O5S/c1-7-23(4)33-31(37)24(5)34(19-25-9-14-28(40-6)15-10-25)30(36)20-35(27-13-8-21(2)22(3)18-27)41(38,39)29-16-11-26(32)12-17-29/h8-18,23-24H,7,19-20H2,1-6H3,(H,33,37)/t23-,24+/m0/s1. The summed E-state index contributed by atoms with van der Waals surface area (Å²) in [5.41, 5.74) is 2.97. The predicted octanol–water partition coefficient (Wildman–Crippen LogP) is 5.49. The van der Waals surface area contributed by atoms with Crippen molar-refractivity contribution in [2.24, 2.45) is 0 Å². The summed E-state index contributed by atoms with van der Waals surface area (Å²) in [5, 5.41) is 3.32. The van der Waals surface area contributed by atoms with Crippen LogP contribution < -0.4 is 14.4 Å². The first-order valence-corrected chi connectivity index (χ1v) is 15.3. The van der Waals surface area contributed by atoms with Crippen LogP contribution in [0.2, 0.25) is 5.02 Å². The molecule has 1 N–H and O–H groups in total. The molecule has 0 unspecified atom stereocenters. The van der Waals surface area contributed by atoms with Crippen molar-refractivity contribution in [3.8, 4) is 5.75 Å². The van der Waals surface area contributed by atoms with Crippen molar-refractivity contribution in [3.05, 3.63) is 88.4 Å². The van der Waals surface area contributed by atoms with Crippen LogP contribution in [0.5, 0.6) is 5.75 Å². The van der Waals surface area contributed by atoms with Gasteiger partial charge in [0.05, 0.1) is 17.7 Å². The van der Waals surface area contributed by atoms with E-state index in [9.17, 15) is 18.0 Å². The van der Waals surface area contributed by atoms with Crippen LogP contribution in [0.15, 0.2) is 71.6 Å². The number of carbonyl (C=O) groups is 2. The Morgan fingerprint density at radius 1 is 0.951 bits per heavy atom. The third-order valence-electron chi connectivity index (χ3n) is 7.14. The maximum atomic E-state index is 14.0. The minimum Gasteiger partial charge on any atom is -0.497 e. The number of aryl methyl sites for hydroxylation is 2. The van der Waals surface area contributed by atoms with E-state index in [4.69, 9.17) is 16.3 Å². The summed E-state index contributed by atoms with van der Waals surface area (Å²) in [6, 6.07) is 17.3. The molecular weight excluding hydrogens is 562 g/mol. The molecule has 2 atom stereocenters. The topological polar surface area (TPSA) is 96.0 Å². The Kier molecular flexibility index (Phi) is 10.8. The first-order valence-electron chi connectivity index (χ1n) is 13.5. The number of hydrogen-bond donors (Lipinski definition) is 1. The Balaban J connectivity index is 2.04. The molecule has 0 aliphatic rings. The van der Waals surface area contributed by atoms with E-state index in [0.29, 0.717) is 16.5 Å². The zero-order valence-electron chi connectivity index (χ0n) is 24.3. The molecule has 0 aliphatic heterocycles. The highest BCUT2D eigenvalue weighted by Gasteiger charge is 2.33. The molecule has 0 spiro atoms. The first-order chi connectivity index (χ1) is 19.4. The number of ether oxygens (including phenoxy) is 1. The van der Waals surface area contributed by atoms with Crippen molar-refractivity contribution in [2.45, 2.75) is 64.6 Å². The molecule has 0 aliphatic carbocycles.